The van der Waals surface area contributed by atoms with Crippen LogP contribution in [0.5, 0.6) is 0 Å². The van der Waals surface area contributed by atoms with E-state index >= 15 is 0 Å². The topological polar surface area (TPSA) is 80.3 Å². The van der Waals surface area contributed by atoms with Crippen LogP contribution in [0, 0.1) is 0 Å². The first-order chi connectivity index (χ1) is 8.89. The van der Waals surface area contributed by atoms with E-state index in [1.54, 1.807) is 0 Å². The molecule has 1 aliphatic heterocycles. The summed E-state index contributed by atoms with van der Waals surface area (Å²) in [4.78, 5) is 0. The number of sulfonamides is 1. The van der Waals surface area contributed by atoms with Gasteiger partial charge in [-0.15, -0.1) is 0 Å². The van der Waals surface area contributed by atoms with E-state index in [1.807, 2.05) is 30.3 Å². The van der Waals surface area contributed by atoms with Crippen LogP contribution in [0.25, 0.3) is 0 Å². The maximum atomic E-state index is 11.9. The second kappa shape index (κ2) is 5.60. The van der Waals surface area contributed by atoms with E-state index in [1.165, 1.54) is 0 Å². The van der Waals surface area contributed by atoms with Crippen LogP contribution in [-0.2, 0) is 26.3 Å². The number of benzene rings is 1. The van der Waals surface area contributed by atoms with Crippen molar-refractivity contribution in [2.75, 3.05) is 18.1 Å². The van der Waals surface area contributed by atoms with E-state index in [0.29, 0.717) is 13.0 Å². The highest BCUT2D eigenvalue weighted by molar-refractivity contribution is 7.95. The Bertz CT molecular complexity index is 623. The molecule has 1 fully saturated rings. The van der Waals surface area contributed by atoms with E-state index in [-0.39, 0.29) is 17.9 Å². The van der Waals surface area contributed by atoms with Crippen LogP contribution in [0.4, 0.5) is 0 Å². The molecule has 0 radical (unpaired) electrons. The van der Waals surface area contributed by atoms with Crippen LogP contribution in [0.1, 0.15) is 12.0 Å². The second-order valence-electron chi connectivity index (χ2n) is 4.70. The highest BCUT2D eigenvalue weighted by Gasteiger charge is 2.36. The lowest BCUT2D eigenvalue weighted by atomic mass is 10.2. The van der Waals surface area contributed by atoms with Gasteiger partial charge in [0, 0.05) is 6.54 Å². The monoisotopic (exact) mass is 303 g/mol. The summed E-state index contributed by atoms with van der Waals surface area (Å²) in [7, 11) is -6.71. The van der Waals surface area contributed by atoms with E-state index in [2.05, 4.69) is 4.72 Å². The summed E-state index contributed by atoms with van der Waals surface area (Å²) in [6.07, 6.45) is 0.794. The van der Waals surface area contributed by atoms with Crippen molar-refractivity contribution in [3.63, 3.8) is 0 Å². The van der Waals surface area contributed by atoms with Crippen molar-refractivity contribution in [2.24, 2.45) is 0 Å². The normalized spacial score (nSPS) is 22.4. The smallest absolute Gasteiger partial charge is 0.215 e. The molecule has 2 rings (SSSR count). The Morgan fingerprint density at radius 3 is 2.47 bits per heavy atom. The third-order valence-corrected chi connectivity index (χ3v) is 7.05. The molecular formula is C12H17NO4S2. The number of nitrogens with one attached hydrogen (secondary N) is 1. The highest BCUT2D eigenvalue weighted by atomic mass is 32.2. The van der Waals surface area contributed by atoms with Gasteiger partial charge in [0.05, 0.1) is 16.8 Å². The maximum Gasteiger partial charge on any atom is 0.215 e. The van der Waals surface area contributed by atoms with Crippen molar-refractivity contribution in [2.45, 2.75) is 18.1 Å². The lowest BCUT2D eigenvalue weighted by Gasteiger charge is -2.11. The van der Waals surface area contributed by atoms with Gasteiger partial charge in [-0.2, -0.15) is 0 Å². The van der Waals surface area contributed by atoms with Crippen molar-refractivity contribution in [3.05, 3.63) is 35.9 Å². The summed E-state index contributed by atoms with van der Waals surface area (Å²) >= 11 is 0. The van der Waals surface area contributed by atoms with E-state index in [4.69, 9.17) is 0 Å². The second-order valence-corrected chi connectivity index (χ2v) is 8.97. The van der Waals surface area contributed by atoms with E-state index in [9.17, 15) is 16.8 Å². The van der Waals surface area contributed by atoms with E-state index < -0.39 is 25.1 Å². The molecule has 1 saturated heterocycles. The molecule has 1 atom stereocenters. The SMILES string of the molecule is O=S1(=O)CC[C@H](S(=O)(=O)NCCc2ccccc2)C1. The predicted molar refractivity (Wildman–Crippen MR) is 74.1 cm³/mol. The largest absolute Gasteiger partial charge is 0.229 e. The summed E-state index contributed by atoms with van der Waals surface area (Å²) in [5.41, 5.74) is 1.05. The van der Waals surface area contributed by atoms with Crippen LogP contribution in [0.3, 0.4) is 0 Å². The molecule has 1 aromatic carbocycles. The molecule has 5 nitrogen and oxygen atoms in total. The molecular weight excluding hydrogens is 286 g/mol. The van der Waals surface area contributed by atoms with Crippen molar-refractivity contribution < 1.29 is 16.8 Å². The molecule has 1 N–H and O–H groups in total. The average molecular weight is 303 g/mol. The van der Waals surface area contributed by atoms with Gasteiger partial charge in [0.1, 0.15) is 0 Å². The van der Waals surface area contributed by atoms with Gasteiger partial charge in [-0.1, -0.05) is 30.3 Å². The van der Waals surface area contributed by atoms with Crippen LogP contribution in [0.2, 0.25) is 0 Å². The Hall–Kier alpha value is -0.920. The van der Waals surface area contributed by atoms with Gasteiger partial charge in [-0.25, -0.2) is 21.6 Å². The zero-order chi connectivity index (χ0) is 13.9. The highest BCUT2D eigenvalue weighted by Crippen LogP contribution is 2.18. The van der Waals surface area contributed by atoms with Crippen LogP contribution < -0.4 is 4.72 Å². The molecule has 7 heteroatoms. The van der Waals surface area contributed by atoms with Gasteiger partial charge in [0.2, 0.25) is 10.0 Å². The van der Waals surface area contributed by atoms with Gasteiger partial charge < -0.3 is 0 Å². The quantitative estimate of drug-likeness (QED) is 0.850. The number of hydrogen-bond acceptors (Lipinski definition) is 4. The van der Waals surface area contributed by atoms with Crippen molar-refractivity contribution >= 4 is 19.9 Å². The lowest BCUT2D eigenvalue weighted by Crippen LogP contribution is -2.36. The van der Waals surface area contributed by atoms with Crippen LogP contribution >= 0.6 is 0 Å². The zero-order valence-electron chi connectivity index (χ0n) is 10.4. The third kappa shape index (κ3) is 4.02. The molecule has 0 spiro atoms. The molecule has 1 aliphatic rings. The van der Waals surface area contributed by atoms with Crippen molar-refractivity contribution in [1.82, 2.24) is 4.72 Å². The first kappa shape index (κ1) is 14.5. The summed E-state index contributed by atoms with van der Waals surface area (Å²) in [5.74, 6) is -0.287. The zero-order valence-corrected chi connectivity index (χ0v) is 12.1. The number of sulfone groups is 1. The van der Waals surface area contributed by atoms with Gasteiger partial charge >= 0.3 is 0 Å². The predicted octanol–water partition coefficient (Wildman–Crippen LogP) is 0.336. The minimum atomic E-state index is -3.53. The van der Waals surface area contributed by atoms with Crippen LogP contribution in [0.15, 0.2) is 30.3 Å². The Morgan fingerprint density at radius 1 is 1.21 bits per heavy atom. The minimum Gasteiger partial charge on any atom is -0.229 e. The molecule has 1 aromatic rings. The standard InChI is InChI=1S/C12H17NO4S2/c14-18(15)9-7-12(10-18)19(16,17)13-8-6-11-4-2-1-3-5-11/h1-5,12-13H,6-10H2/t12-/m0/s1. The van der Waals surface area contributed by atoms with Crippen molar-refractivity contribution in [3.8, 4) is 0 Å². The minimum absolute atomic E-state index is 0.0305. The molecule has 0 aliphatic carbocycles. The summed E-state index contributed by atoms with van der Waals surface area (Å²) in [6, 6.07) is 9.54. The number of hydrogen-bond donors (Lipinski definition) is 1. The lowest BCUT2D eigenvalue weighted by molar-refractivity contribution is 0.568. The summed E-state index contributed by atoms with van der Waals surface area (Å²) in [6.45, 7) is 0.295. The Balaban J connectivity index is 1.89. The molecule has 19 heavy (non-hydrogen) atoms. The van der Waals surface area contributed by atoms with E-state index in [0.717, 1.165) is 5.56 Å². The molecule has 0 unspecified atom stereocenters. The summed E-state index contributed by atoms with van der Waals surface area (Å²) in [5, 5.41) is -0.798. The van der Waals surface area contributed by atoms with Gasteiger partial charge in [0.15, 0.2) is 9.84 Å². The average Bonchev–Trinajstić information content (AvgIpc) is 2.72. The first-order valence-electron chi connectivity index (χ1n) is 6.12. The fraction of sp³-hybridized carbons (Fsp3) is 0.500. The Labute approximate surface area is 114 Å². The third-order valence-electron chi connectivity index (χ3n) is 3.19. The van der Waals surface area contributed by atoms with Crippen molar-refractivity contribution in [1.29, 1.82) is 0 Å². The molecule has 106 valence electrons. The Morgan fingerprint density at radius 2 is 1.89 bits per heavy atom. The fourth-order valence-corrected chi connectivity index (χ4v) is 6.19. The van der Waals surface area contributed by atoms with Crippen LogP contribution in [-0.4, -0.2) is 40.1 Å². The summed E-state index contributed by atoms with van der Waals surface area (Å²) < 4.78 is 48.9. The van der Waals surface area contributed by atoms with Gasteiger partial charge in [0.25, 0.3) is 0 Å². The Kier molecular flexibility index (Phi) is 4.27. The molecule has 0 amide bonds. The fourth-order valence-electron chi connectivity index (χ4n) is 2.11. The molecule has 1 heterocycles. The first-order valence-corrected chi connectivity index (χ1v) is 9.49. The van der Waals surface area contributed by atoms with Gasteiger partial charge in [-0.3, -0.25) is 0 Å². The van der Waals surface area contributed by atoms with Gasteiger partial charge in [-0.05, 0) is 18.4 Å². The molecule has 0 bridgehead atoms. The molecule has 0 aromatic heterocycles. The number of rotatable bonds is 5. The maximum absolute atomic E-state index is 11.9. The molecule has 0 saturated carbocycles.